The van der Waals surface area contributed by atoms with E-state index in [0.717, 1.165) is 49.4 Å². The van der Waals surface area contributed by atoms with Crippen LogP contribution in [0.1, 0.15) is 37.3 Å². The van der Waals surface area contributed by atoms with Crippen molar-refractivity contribution in [1.29, 1.82) is 0 Å². The predicted octanol–water partition coefficient (Wildman–Crippen LogP) is 2.66. The highest BCUT2D eigenvalue weighted by Crippen LogP contribution is 2.35. The summed E-state index contributed by atoms with van der Waals surface area (Å²) in [6, 6.07) is 5.66. The molecule has 1 saturated heterocycles. The fourth-order valence-corrected chi connectivity index (χ4v) is 2.63. The molecule has 0 amide bonds. The highest BCUT2D eigenvalue weighted by Gasteiger charge is 2.21. The van der Waals surface area contributed by atoms with E-state index in [1.54, 1.807) is 14.2 Å². The fraction of sp³-hybridized carbons (Fsp3) is 0.600. The summed E-state index contributed by atoms with van der Waals surface area (Å²) in [5.74, 6) is 1.58. The zero-order chi connectivity index (χ0) is 13.7. The Labute approximate surface area is 114 Å². The van der Waals surface area contributed by atoms with Crippen molar-refractivity contribution in [3.8, 4) is 11.5 Å². The second-order valence-electron chi connectivity index (χ2n) is 4.90. The minimum Gasteiger partial charge on any atom is -0.496 e. The Hall–Kier alpha value is -1.26. The van der Waals surface area contributed by atoms with E-state index in [2.05, 4.69) is 0 Å². The highest BCUT2D eigenvalue weighted by molar-refractivity contribution is 5.46. The van der Waals surface area contributed by atoms with E-state index in [1.165, 1.54) is 0 Å². The molecule has 0 spiro atoms. The molecule has 1 aliphatic rings. The zero-order valence-electron chi connectivity index (χ0n) is 11.7. The van der Waals surface area contributed by atoms with Gasteiger partial charge in [0.05, 0.1) is 25.9 Å². The van der Waals surface area contributed by atoms with Gasteiger partial charge in [-0.2, -0.15) is 0 Å². The van der Waals surface area contributed by atoms with Crippen LogP contribution in [0.2, 0.25) is 0 Å². The Morgan fingerprint density at radius 1 is 1.32 bits per heavy atom. The molecule has 4 nitrogen and oxygen atoms in total. The molecule has 1 fully saturated rings. The molecule has 0 saturated carbocycles. The smallest absolute Gasteiger partial charge is 0.127 e. The van der Waals surface area contributed by atoms with Gasteiger partial charge in [0.15, 0.2) is 0 Å². The monoisotopic (exact) mass is 265 g/mol. The van der Waals surface area contributed by atoms with Crippen LogP contribution < -0.4 is 15.2 Å². The third-order valence-corrected chi connectivity index (χ3v) is 3.66. The molecule has 0 aliphatic carbocycles. The summed E-state index contributed by atoms with van der Waals surface area (Å²) >= 11 is 0. The van der Waals surface area contributed by atoms with Gasteiger partial charge in [-0.1, -0.05) is 6.07 Å². The van der Waals surface area contributed by atoms with E-state index in [1.807, 2.05) is 18.2 Å². The maximum absolute atomic E-state index is 6.31. The van der Waals surface area contributed by atoms with E-state index in [-0.39, 0.29) is 6.04 Å². The first-order chi connectivity index (χ1) is 9.26. The van der Waals surface area contributed by atoms with E-state index in [9.17, 15) is 0 Å². The summed E-state index contributed by atoms with van der Waals surface area (Å²) in [6.07, 6.45) is 4.55. The van der Waals surface area contributed by atoms with E-state index >= 15 is 0 Å². The first-order valence-corrected chi connectivity index (χ1v) is 6.84. The summed E-state index contributed by atoms with van der Waals surface area (Å²) in [6.45, 7) is 0.887. The molecule has 1 aliphatic heterocycles. The first-order valence-electron chi connectivity index (χ1n) is 6.84. The van der Waals surface area contributed by atoms with Crippen LogP contribution in [0.25, 0.3) is 0 Å². The van der Waals surface area contributed by atoms with Crippen molar-refractivity contribution in [2.45, 2.75) is 37.8 Å². The van der Waals surface area contributed by atoms with Crippen molar-refractivity contribution in [2.75, 3.05) is 20.8 Å². The van der Waals surface area contributed by atoms with Crippen LogP contribution in [0.5, 0.6) is 11.5 Å². The molecule has 0 bridgehead atoms. The van der Waals surface area contributed by atoms with Crippen molar-refractivity contribution in [2.24, 2.45) is 5.73 Å². The molecule has 2 unspecified atom stereocenters. The molecular weight excluding hydrogens is 242 g/mol. The zero-order valence-corrected chi connectivity index (χ0v) is 11.7. The molecule has 2 atom stereocenters. The number of ether oxygens (including phenoxy) is 3. The summed E-state index contributed by atoms with van der Waals surface area (Å²) in [5, 5.41) is 0. The number of hydrogen-bond acceptors (Lipinski definition) is 4. The Balaban J connectivity index is 2.05. The average molecular weight is 265 g/mol. The molecule has 2 N–H and O–H groups in total. The molecule has 4 heteroatoms. The second-order valence-corrected chi connectivity index (χ2v) is 4.90. The normalized spacial score (nSPS) is 20.3. The Morgan fingerprint density at radius 2 is 2.00 bits per heavy atom. The summed E-state index contributed by atoms with van der Waals surface area (Å²) in [7, 11) is 3.32. The quantitative estimate of drug-likeness (QED) is 0.859. The van der Waals surface area contributed by atoms with Gasteiger partial charge in [-0.05, 0) is 37.8 Å². The lowest BCUT2D eigenvalue weighted by Crippen LogP contribution is -2.16. The van der Waals surface area contributed by atoms with Gasteiger partial charge in [-0.25, -0.2) is 0 Å². The van der Waals surface area contributed by atoms with Crippen molar-refractivity contribution in [1.82, 2.24) is 0 Å². The van der Waals surface area contributed by atoms with Gasteiger partial charge in [0.1, 0.15) is 11.5 Å². The van der Waals surface area contributed by atoms with Gasteiger partial charge in [-0.15, -0.1) is 0 Å². The number of rotatable bonds is 6. The topological polar surface area (TPSA) is 53.7 Å². The van der Waals surface area contributed by atoms with Crippen LogP contribution in [0.4, 0.5) is 0 Å². The summed E-state index contributed by atoms with van der Waals surface area (Å²) < 4.78 is 16.4. The Bertz CT molecular complexity index is 380. The predicted molar refractivity (Wildman–Crippen MR) is 74.7 cm³/mol. The van der Waals surface area contributed by atoms with Gasteiger partial charge in [0.25, 0.3) is 0 Å². The number of methoxy groups -OCH3 is 2. The molecule has 1 aromatic rings. The second kappa shape index (κ2) is 6.78. The van der Waals surface area contributed by atoms with E-state index in [4.69, 9.17) is 19.9 Å². The first kappa shape index (κ1) is 14.2. The van der Waals surface area contributed by atoms with Crippen LogP contribution in [0, 0.1) is 0 Å². The van der Waals surface area contributed by atoms with Gasteiger partial charge in [0, 0.05) is 12.6 Å². The van der Waals surface area contributed by atoms with Gasteiger partial charge < -0.3 is 19.9 Å². The maximum atomic E-state index is 6.31. The maximum Gasteiger partial charge on any atom is 0.127 e. The SMILES string of the molecule is COc1cccc(OC)c1C(N)CCC1CCCO1. The van der Waals surface area contributed by atoms with Crippen LogP contribution >= 0.6 is 0 Å². The lowest BCUT2D eigenvalue weighted by atomic mass is 9.98. The largest absolute Gasteiger partial charge is 0.496 e. The molecule has 0 radical (unpaired) electrons. The number of nitrogens with two attached hydrogens (primary N) is 1. The molecular formula is C15H23NO3. The van der Waals surface area contributed by atoms with Crippen molar-refractivity contribution in [3.05, 3.63) is 23.8 Å². The van der Waals surface area contributed by atoms with Gasteiger partial charge >= 0.3 is 0 Å². The van der Waals surface area contributed by atoms with Crippen LogP contribution in [0.15, 0.2) is 18.2 Å². The molecule has 19 heavy (non-hydrogen) atoms. The minimum absolute atomic E-state index is 0.0877. The number of benzene rings is 1. The van der Waals surface area contributed by atoms with Crippen LogP contribution in [-0.4, -0.2) is 26.9 Å². The lowest BCUT2D eigenvalue weighted by Gasteiger charge is -2.20. The van der Waals surface area contributed by atoms with Crippen molar-refractivity contribution < 1.29 is 14.2 Å². The minimum atomic E-state index is -0.0877. The third kappa shape index (κ3) is 3.39. The van der Waals surface area contributed by atoms with E-state index in [0.29, 0.717) is 6.10 Å². The molecule has 106 valence electrons. The Kier molecular flexibility index (Phi) is 5.05. The Morgan fingerprint density at radius 3 is 2.53 bits per heavy atom. The summed E-state index contributed by atoms with van der Waals surface area (Å²) in [5.41, 5.74) is 7.26. The summed E-state index contributed by atoms with van der Waals surface area (Å²) in [4.78, 5) is 0. The van der Waals surface area contributed by atoms with Gasteiger partial charge in [0.2, 0.25) is 0 Å². The van der Waals surface area contributed by atoms with Crippen LogP contribution in [-0.2, 0) is 4.74 Å². The highest BCUT2D eigenvalue weighted by atomic mass is 16.5. The molecule has 1 aromatic carbocycles. The van der Waals surface area contributed by atoms with E-state index < -0.39 is 0 Å². The lowest BCUT2D eigenvalue weighted by molar-refractivity contribution is 0.101. The van der Waals surface area contributed by atoms with Crippen molar-refractivity contribution in [3.63, 3.8) is 0 Å². The fourth-order valence-electron chi connectivity index (χ4n) is 2.63. The third-order valence-electron chi connectivity index (χ3n) is 3.66. The molecule has 0 aromatic heterocycles. The molecule has 1 heterocycles. The van der Waals surface area contributed by atoms with Crippen molar-refractivity contribution >= 4 is 0 Å². The average Bonchev–Trinajstić information content (AvgIpc) is 2.97. The van der Waals surface area contributed by atoms with Gasteiger partial charge in [-0.3, -0.25) is 0 Å². The standard InChI is InChI=1S/C15H23NO3/c1-17-13-6-3-7-14(18-2)15(13)12(16)9-8-11-5-4-10-19-11/h3,6-7,11-12H,4-5,8-10,16H2,1-2H3. The number of hydrogen-bond donors (Lipinski definition) is 1. The van der Waals surface area contributed by atoms with Crippen LogP contribution in [0.3, 0.4) is 0 Å². The molecule has 2 rings (SSSR count).